The van der Waals surface area contributed by atoms with Crippen LogP contribution in [0.25, 0.3) is 0 Å². The molecule has 3 nitrogen and oxygen atoms in total. The lowest BCUT2D eigenvalue weighted by Crippen LogP contribution is -2.08. The van der Waals surface area contributed by atoms with E-state index in [1.54, 1.807) is 0 Å². The minimum Gasteiger partial charge on any atom is -0.369 e. The number of nitrogens with zero attached hydrogens (tertiary/aromatic N) is 2. The molecule has 3 rings (SSSR count). The molecule has 1 heterocycles. The number of hydrogen-bond acceptors (Lipinski definition) is 3. The standard InChI is InChI=1S/C12H17N3/c1-2-5-13-11-7-10-8-3-4-9(6-8)12(10)15-14-11/h7-9H,2-6H2,1H3,(H,13,14). The molecule has 80 valence electrons. The molecule has 3 heteroatoms. The van der Waals surface area contributed by atoms with Crippen LogP contribution >= 0.6 is 0 Å². The summed E-state index contributed by atoms with van der Waals surface area (Å²) >= 11 is 0. The Balaban J connectivity index is 1.87. The van der Waals surface area contributed by atoms with Gasteiger partial charge in [0.25, 0.3) is 0 Å². The van der Waals surface area contributed by atoms with Crippen LogP contribution in [0, 0.1) is 0 Å². The zero-order valence-corrected chi connectivity index (χ0v) is 9.16. The third kappa shape index (κ3) is 1.41. The van der Waals surface area contributed by atoms with Gasteiger partial charge < -0.3 is 5.32 Å². The van der Waals surface area contributed by atoms with Crippen LogP contribution in [0.15, 0.2) is 6.07 Å². The first kappa shape index (κ1) is 9.13. The van der Waals surface area contributed by atoms with Crippen molar-refractivity contribution in [3.63, 3.8) is 0 Å². The van der Waals surface area contributed by atoms with Gasteiger partial charge in [-0.3, -0.25) is 0 Å². The van der Waals surface area contributed by atoms with E-state index in [2.05, 4.69) is 28.5 Å². The molecule has 1 fully saturated rings. The van der Waals surface area contributed by atoms with Crippen LogP contribution in [-0.4, -0.2) is 16.7 Å². The highest BCUT2D eigenvalue weighted by molar-refractivity contribution is 5.44. The molecule has 2 aliphatic carbocycles. The molecule has 0 aliphatic heterocycles. The van der Waals surface area contributed by atoms with E-state index in [0.29, 0.717) is 0 Å². The first-order valence-corrected chi connectivity index (χ1v) is 6.00. The summed E-state index contributed by atoms with van der Waals surface area (Å²) in [6, 6.07) is 2.22. The van der Waals surface area contributed by atoms with Crippen molar-refractivity contribution in [1.29, 1.82) is 0 Å². The van der Waals surface area contributed by atoms with Crippen molar-refractivity contribution in [2.24, 2.45) is 0 Å². The lowest BCUT2D eigenvalue weighted by molar-refractivity contribution is 0.681. The van der Waals surface area contributed by atoms with Crippen LogP contribution < -0.4 is 5.32 Å². The molecule has 2 atom stereocenters. The predicted molar refractivity (Wildman–Crippen MR) is 60.1 cm³/mol. The summed E-state index contributed by atoms with van der Waals surface area (Å²) < 4.78 is 0. The smallest absolute Gasteiger partial charge is 0.148 e. The SMILES string of the molecule is CCCNc1cc2c(nn1)C1CCC2C1. The number of rotatable bonds is 3. The number of nitrogens with one attached hydrogen (secondary N) is 1. The van der Waals surface area contributed by atoms with Gasteiger partial charge in [-0.25, -0.2) is 0 Å². The van der Waals surface area contributed by atoms with Gasteiger partial charge in [0, 0.05) is 12.5 Å². The summed E-state index contributed by atoms with van der Waals surface area (Å²) in [5, 5.41) is 11.9. The lowest BCUT2D eigenvalue weighted by Gasteiger charge is -2.14. The van der Waals surface area contributed by atoms with Crippen molar-refractivity contribution in [1.82, 2.24) is 10.2 Å². The van der Waals surface area contributed by atoms with Crippen LogP contribution in [0.4, 0.5) is 5.82 Å². The minimum absolute atomic E-state index is 0.720. The molecule has 0 aromatic carbocycles. The summed E-state index contributed by atoms with van der Waals surface area (Å²) in [7, 11) is 0. The normalized spacial score (nSPS) is 26.7. The summed E-state index contributed by atoms with van der Waals surface area (Å²) in [4.78, 5) is 0. The van der Waals surface area contributed by atoms with E-state index in [4.69, 9.17) is 0 Å². The summed E-state index contributed by atoms with van der Waals surface area (Å²) in [6.45, 7) is 3.15. The Kier molecular flexibility index (Phi) is 2.11. The van der Waals surface area contributed by atoms with Crippen molar-refractivity contribution in [3.8, 4) is 0 Å². The molecule has 1 N–H and O–H groups in total. The maximum Gasteiger partial charge on any atom is 0.148 e. The van der Waals surface area contributed by atoms with Crippen LogP contribution in [0.5, 0.6) is 0 Å². The van der Waals surface area contributed by atoms with Crippen LogP contribution in [-0.2, 0) is 0 Å². The van der Waals surface area contributed by atoms with Gasteiger partial charge in [-0.1, -0.05) is 6.92 Å². The number of fused-ring (bicyclic) bond motifs is 5. The molecule has 2 bridgehead atoms. The monoisotopic (exact) mass is 203 g/mol. The van der Waals surface area contributed by atoms with E-state index in [9.17, 15) is 0 Å². The molecular formula is C12H17N3. The van der Waals surface area contributed by atoms with E-state index in [-0.39, 0.29) is 0 Å². The van der Waals surface area contributed by atoms with Gasteiger partial charge in [0.2, 0.25) is 0 Å². The van der Waals surface area contributed by atoms with Gasteiger partial charge >= 0.3 is 0 Å². The van der Waals surface area contributed by atoms with E-state index in [1.165, 1.54) is 30.5 Å². The van der Waals surface area contributed by atoms with Crippen molar-refractivity contribution >= 4 is 5.82 Å². The van der Waals surface area contributed by atoms with Gasteiger partial charge in [-0.2, -0.15) is 5.10 Å². The first-order valence-electron chi connectivity index (χ1n) is 6.00. The number of anilines is 1. The Bertz CT molecular complexity index is 375. The molecule has 0 spiro atoms. The van der Waals surface area contributed by atoms with Gasteiger partial charge in [0.15, 0.2) is 0 Å². The Morgan fingerprint density at radius 2 is 2.20 bits per heavy atom. The fraction of sp³-hybridized carbons (Fsp3) is 0.667. The molecule has 0 radical (unpaired) electrons. The Morgan fingerprint density at radius 1 is 1.33 bits per heavy atom. The quantitative estimate of drug-likeness (QED) is 0.820. The van der Waals surface area contributed by atoms with Crippen molar-refractivity contribution < 1.29 is 0 Å². The van der Waals surface area contributed by atoms with Gasteiger partial charge in [0.05, 0.1) is 5.69 Å². The van der Waals surface area contributed by atoms with Crippen LogP contribution in [0.1, 0.15) is 55.7 Å². The van der Waals surface area contributed by atoms with Crippen molar-refractivity contribution in [2.45, 2.75) is 44.4 Å². The predicted octanol–water partition coefficient (Wildman–Crippen LogP) is 2.66. The molecular weight excluding hydrogens is 186 g/mol. The molecule has 2 unspecified atom stereocenters. The fourth-order valence-electron chi connectivity index (χ4n) is 2.91. The third-order valence-electron chi connectivity index (χ3n) is 3.67. The maximum atomic E-state index is 4.38. The molecule has 15 heavy (non-hydrogen) atoms. The van der Waals surface area contributed by atoms with Gasteiger partial charge in [-0.15, -0.1) is 5.10 Å². The molecule has 1 aromatic rings. The zero-order chi connectivity index (χ0) is 10.3. The number of hydrogen-bond donors (Lipinski definition) is 1. The maximum absolute atomic E-state index is 4.38. The molecule has 1 saturated carbocycles. The average Bonchev–Trinajstić information content (AvgIpc) is 2.87. The highest BCUT2D eigenvalue weighted by Gasteiger charge is 2.38. The average molecular weight is 203 g/mol. The first-order chi connectivity index (χ1) is 7.38. The van der Waals surface area contributed by atoms with E-state index in [1.807, 2.05) is 0 Å². The summed E-state index contributed by atoms with van der Waals surface area (Å²) in [5.74, 6) is 2.46. The van der Waals surface area contributed by atoms with Crippen molar-refractivity contribution in [3.05, 3.63) is 17.3 Å². The van der Waals surface area contributed by atoms with Gasteiger partial charge in [0.1, 0.15) is 5.82 Å². The van der Waals surface area contributed by atoms with E-state index in [0.717, 1.165) is 30.6 Å². The van der Waals surface area contributed by atoms with Crippen LogP contribution in [0.2, 0.25) is 0 Å². The topological polar surface area (TPSA) is 37.8 Å². The minimum atomic E-state index is 0.720. The summed E-state index contributed by atoms with van der Waals surface area (Å²) in [6.07, 6.45) is 5.14. The van der Waals surface area contributed by atoms with Gasteiger partial charge in [-0.05, 0) is 43.2 Å². The largest absolute Gasteiger partial charge is 0.369 e. The highest BCUT2D eigenvalue weighted by atomic mass is 15.2. The summed E-state index contributed by atoms with van der Waals surface area (Å²) in [5.41, 5.74) is 2.76. The zero-order valence-electron chi connectivity index (χ0n) is 9.16. The van der Waals surface area contributed by atoms with E-state index < -0.39 is 0 Å². The second-order valence-corrected chi connectivity index (χ2v) is 4.70. The molecule has 2 aliphatic rings. The highest BCUT2D eigenvalue weighted by Crippen LogP contribution is 2.52. The number of aromatic nitrogens is 2. The van der Waals surface area contributed by atoms with Crippen molar-refractivity contribution in [2.75, 3.05) is 11.9 Å². The fourth-order valence-corrected chi connectivity index (χ4v) is 2.91. The second kappa shape index (κ2) is 3.47. The Labute approximate surface area is 90.3 Å². The molecule has 0 amide bonds. The second-order valence-electron chi connectivity index (χ2n) is 4.70. The van der Waals surface area contributed by atoms with Crippen LogP contribution in [0.3, 0.4) is 0 Å². The third-order valence-corrected chi connectivity index (χ3v) is 3.67. The lowest BCUT2D eigenvalue weighted by atomic mass is 9.97. The molecule has 0 saturated heterocycles. The van der Waals surface area contributed by atoms with E-state index >= 15 is 0 Å². The Morgan fingerprint density at radius 3 is 3.07 bits per heavy atom. The Hall–Kier alpha value is -1.12. The molecule has 1 aromatic heterocycles.